The number of hydrogen-bond donors (Lipinski definition) is 0. The lowest BCUT2D eigenvalue weighted by atomic mass is 9.96. The molecule has 0 amide bonds. The highest BCUT2D eigenvalue weighted by atomic mass is 15.2. The van der Waals surface area contributed by atoms with E-state index in [0.717, 1.165) is 0 Å². The minimum absolute atomic E-state index is 0.397. The molecule has 1 fully saturated rings. The highest BCUT2D eigenvalue weighted by molar-refractivity contribution is 5.06. The van der Waals surface area contributed by atoms with E-state index in [-0.39, 0.29) is 0 Å². The van der Waals surface area contributed by atoms with E-state index >= 15 is 0 Å². The van der Waals surface area contributed by atoms with Crippen LogP contribution in [-0.2, 0) is 0 Å². The molecule has 116 valence electrons. The second-order valence-corrected chi connectivity index (χ2v) is 7.86. The third-order valence-corrected chi connectivity index (χ3v) is 3.71. The zero-order chi connectivity index (χ0) is 15.2. The average molecular weight is 278 g/mol. The number of hydrogen-bond acceptors (Lipinski definition) is 2. The van der Waals surface area contributed by atoms with Crippen molar-refractivity contribution in [2.75, 3.05) is 39.8 Å². The van der Waals surface area contributed by atoms with Gasteiger partial charge in [-0.15, -0.1) is 5.92 Å². The third kappa shape index (κ3) is 7.92. The van der Waals surface area contributed by atoms with Gasteiger partial charge in [-0.3, -0.25) is 0 Å². The number of piperidine rings is 1. The van der Waals surface area contributed by atoms with Gasteiger partial charge < -0.3 is 9.80 Å². The summed E-state index contributed by atoms with van der Waals surface area (Å²) in [4.78, 5) is 5.07. The number of nitrogens with zero attached hydrogens (tertiary/aromatic N) is 2. The predicted octanol–water partition coefficient (Wildman–Crippen LogP) is 3.34. The van der Waals surface area contributed by atoms with Gasteiger partial charge in [0.05, 0.1) is 0 Å². The van der Waals surface area contributed by atoms with Crippen LogP contribution < -0.4 is 0 Å². The van der Waals surface area contributed by atoms with Crippen LogP contribution in [0.2, 0.25) is 0 Å². The maximum absolute atomic E-state index is 3.45. The summed E-state index contributed by atoms with van der Waals surface area (Å²) in [6, 6.07) is 0. The second-order valence-electron chi connectivity index (χ2n) is 7.86. The molecule has 0 aromatic rings. The van der Waals surface area contributed by atoms with Crippen LogP contribution >= 0.6 is 0 Å². The Morgan fingerprint density at radius 1 is 1.20 bits per heavy atom. The van der Waals surface area contributed by atoms with Gasteiger partial charge in [-0.1, -0.05) is 40.5 Å². The molecular weight excluding hydrogens is 244 g/mol. The van der Waals surface area contributed by atoms with Crippen molar-refractivity contribution in [3.63, 3.8) is 0 Å². The molecule has 0 bridgehead atoms. The third-order valence-electron chi connectivity index (χ3n) is 3.71. The Hall–Kier alpha value is -0.520. The van der Waals surface area contributed by atoms with Crippen molar-refractivity contribution in [2.45, 2.75) is 47.5 Å². The lowest BCUT2D eigenvalue weighted by Crippen LogP contribution is -2.40. The highest BCUT2D eigenvalue weighted by Gasteiger charge is 2.18. The Labute approximate surface area is 126 Å². The maximum atomic E-state index is 3.45. The SMILES string of the molecule is CC(C)C#CC1CCN(CCN(C)CC(C)(C)C)CC1. The summed E-state index contributed by atoms with van der Waals surface area (Å²) in [6.07, 6.45) is 2.51. The van der Waals surface area contributed by atoms with Crippen molar-refractivity contribution in [1.29, 1.82) is 0 Å². The fourth-order valence-corrected chi connectivity index (χ4v) is 2.79. The van der Waals surface area contributed by atoms with E-state index in [9.17, 15) is 0 Å². The zero-order valence-corrected chi connectivity index (χ0v) is 14.5. The van der Waals surface area contributed by atoms with Crippen molar-refractivity contribution >= 4 is 0 Å². The summed E-state index contributed by atoms with van der Waals surface area (Å²) >= 11 is 0. The molecule has 0 radical (unpaired) electrons. The Bertz CT molecular complexity index is 322. The van der Waals surface area contributed by atoms with Gasteiger partial charge in [0.15, 0.2) is 0 Å². The minimum atomic E-state index is 0.397. The fourth-order valence-electron chi connectivity index (χ4n) is 2.79. The molecule has 0 N–H and O–H groups in total. The second kappa shape index (κ2) is 8.05. The van der Waals surface area contributed by atoms with Gasteiger partial charge >= 0.3 is 0 Å². The molecule has 0 unspecified atom stereocenters. The van der Waals surface area contributed by atoms with Crippen molar-refractivity contribution < 1.29 is 0 Å². The van der Waals surface area contributed by atoms with Gasteiger partial charge in [-0.25, -0.2) is 0 Å². The first-order valence-electron chi connectivity index (χ1n) is 8.18. The number of rotatable bonds is 4. The van der Waals surface area contributed by atoms with Gasteiger partial charge in [0.25, 0.3) is 0 Å². The van der Waals surface area contributed by atoms with Crippen molar-refractivity contribution in [3.8, 4) is 11.8 Å². The van der Waals surface area contributed by atoms with E-state index in [2.05, 4.69) is 63.3 Å². The van der Waals surface area contributed by atoms with E-state index in [1.165, 1.54) is 45.6 Å². The molecule has 1 heterocycles. The summed E-state index contributed by atoms with van der Waals surface area (Å²) in [5.41, 5.74) is 0.397. The highest BCUT2D eigenvalue weighted by Crippen LogP contribution is 2.17. The molecule has 2 heteroatoms. The molecule has 1 saturated heterocycles. The van der Waals surface area contributed by atoms with Gasteiger partial charge in [0.2, 0.25) is 0 Å². The van der Waals surface area contributed by atoms with Crippen LogP contribution in [0.15, 0.2) is 0 Å². The van der Waals surface area contributed by atoms with Crippen LogP contribution in [0.25, 0.3) is 0 Å². The Morgan fingerprint density at radius 3 is 2.30 bits per heavy atom. The van der Waals surface area contributed by atoms with E-state index < -0.39 is 0 Å². The van der Waals surface area contributed by atoms with Crippen LogP contribution in [-0.4, -0.2) is 49.6 Å². The lowest BCUT2D eigenvalue weighted by molar-refractivity contribution is 0.161. The summed E-state index contributed by atoms with van der Waals surface area (Å²) in [6.45, 7) is 17.3. The minimum Gasteiger partial charge on any atom is -0.305 e. The Balaban J connectivity index is 2.21. The molecule has 0 aromatic carbocycles. The first-order valence-corrected chi connectivity index (χ1v) is 8.18. The summed E-state index contributed by atoms with van der Waals surface area (Å²) in [5, 5.41) is 0. The summed E-state index contributed by atoms with van der Waals surface area (Å²) < 4.78 is 0. The smallest absolute Gasteiger partial charge is 0.0227 e. The molecule has 1 aliphatic heterocycles. The lowest BCUT2D eigenvalue weighted by Gasteiger charge is -2.32. The molecular formula is C18H34N2. The molecule has 0 saturated carbocycles. The Morgan fingerprint density at radius 2 is 1.80 bits per heavy atom. The maximum Gasteiger partial charge on any atom is 0.0227 e. The van der Waals surface area contributed by atoms with Crippen LogP contribution in [0.3, 0.4) is 0 Å². The average Bonchev–Trinajstić information content (AvgIpc) is 2.33. The van der Waals surface area contributed by atoms with Gasteiger partial charge in [0, 0.05) is 31.5 Å². The van der Waals surface area contributed by atoms with E-state index in [0.29, 0.717) is 17.3 Å². The molecule has 0 spiro atoms. The van der Waals surface area contributed by atoms with E-state index in [4.69, 9.17) is 0 Å². The first kappa shape index (κ1) is 17.5. The summed E-state index contributed by atoms with van der Waals surface area (Å²) in [5.74, 6) is 7.93. The van der Waals surface area contributed by atoms with Gasteiger partial charge in [-0.05, 0) is 38.4 Å². The topological polar surface area (TPSA) is 6.48 Å². The van der Waals surface area contributed by atoms with Crippen LogP contribution in [0.5, 0.6) is 0 Å². The molecule has 0 aromatic heterocycles. The predicted molar refractivity (Wildman–Crippen MR) is 88.7 cm³/mol. The quantitative estimate of drug-likeness (QED) is 0.728. The Kier molecular flexibility index (Phi) is 7.06. The molecule has 1 aliphatic rings. The number of likely N-dealkylation sites (N-methyl/N-ethyl adjacent to an activating group) is 1. The fraction of sp³-hybridized carbons (Fsp3) is 0.889. The zero-order valence-electron chi connectivity index (χ0n) is 14.5. The van der Waals surface area contributed by atoms with Crippen LogP contribution in [0.1, 0.15) is 47.5 Å². The molecule has 1 rings (SSSR count). The molecule has 0 atom stereocenters. The van der Waals surface area contributed by atoms with Crippen LogP contribution in [0, 0.1) is 29.1 Å². The van der Waals surface area contributed by atoms with Crippen molar-refractivity contribution in [1.82, 2.24) is 9.80 Å². The normalized spacial score (nSPS) is 18.4. The largest absolute Gasteiger partial charge is 0.305 e. The summed E-state index contributed by atoms with van der Waals surface area (Å²) in [7, 11) is 2.24. The first-order chi connectivity index (χ1) is 9.26. The van der Waals surface area contributed by atoms with E-state index in [1.54, 1.807) is 0 Å². The molecule has 2 nitrogen and oxygen atoms in total. The number of likely N-dealkylation sites (tertiary alicyclic amines) is 1. The van der Waals surface area contributed by atoms with Gasteiger partial charge in [0.1, 0.15) is 0 Å². The van der Waals surface area contributed by atoms with Crippen molar-refractivity contribution in [3.05, 3.63) is 0 Å². The monoisotopic (exact) mass is 278 g/mol. The molecule has 0 aliphatic carbocycles. The van der Waals surface area contributed by atoms with Crippen LogP contribution in [0.4, 0.5) is 0 Å². The standard InChI is InChI=1S/C18H34N2/c1-16(2)7-8-17-9-11-20(12-10-17)14-13-19(6)15-18(3,4)5/h16-17H,9-15H2,1-6H3. The van der Waals surface area contributed by atoms with Crippen molar-refractivity contribution in [2.24, 2.45) is 17.3 Å². The van der Waals surface area contributed by atoms with E-state index in [1.807, 2.05) is 0 Å². The molecule has 20 heavy (non-hydrogen) atoms. The van der Waals surface area contributed by atoms with Gasteiger partial charge in [-0.2, -0.15) is 0 Å².